The smallest absolute Gasteiger partial charge is 0.379 e. The van der Waals surface area contributed by atoms with Gasteiger partial charge in [0.25, 0.3) is 5.78 Å². The summed E-state index contributed by atoms with van der Waals surface area (Å²) in [5.41, 5.74) is 1.67. The standard InChI is InChI=1S/C12H13BrO4/c1-6-5-8(13)7(2)9(11(6)16-3)10(14)12(15)17-4/h5H,1-4H3. The number of hydrogen-bond donors (Lipinski definition) is 0. The number of aryl methyl sites for hydroxylation is 1. The third kappa shape index (κ3) is 2.49. The van der Waals surface area contributed by atoms with Crippen LogP contribution in [0.5, 0.6) is 5.75 Å². The molecule has 0 fully saturated rings. The maximum absolute atomic E-state index is 11.9. The Morgan fingerprint density at radius 2 is 1.82 bits per heavy atom. The van der Waals surface area contributed by atoms with E-state index in [0.29, 0.717) is 11.3 Å². The lowest BCUT2D eigenvalue weighted by atomic mass is 10.00. The molecule has 0 aromatic heterocycles. The molecule has 0 saturated carbocycles. The molecule has 0 aliphatic heterocycles. The maximum atomic E-state index is 11.9. The summed E-state index contributed by atoms with van der Waals surface area (Å²) < 4.78 is 10.4. The highest BCUT2D eigenvalue weighted by Crippen LogP contribution is 2.32. The minimum atomic E-state index is -0.899. The fourth-order valence-corrected chi connectivity index (χ4v) is 2.12. The number of benzene rings is 1. The van der Waals surface area contributed by atoms with E-state index in [4.69, 9.17) is 4.74 Å². The first kappa shape index (κ1) is 13.7. The van der Waals surface area contributed by atoms with Gasteiger partial charge in [-0.25, -0.2) is 4.79 Å². The summed E-state index contributed by atoms with van der Waals surface area (Å²) in [7, 11) is 2.64. The van der Waals surface area contributed by atoms with Gasteiger partial charge in [-0.15, -0.1) is 0 Å². The van der Waals surface area contributed by atoms with Crippen molar-refractivity contribution in [3.8, 4) is 5.75 Å². The van der Waals surface area contributed by atoms with Crippen molar-refractivity contribution >= 4 is 27.7 Å². The Balaban J connectivity index is 3.49. The molecule has 1 aromatic rings. The van der Waals surface area contributed by atoms with E-state index in [-0.39, 0.29) is 5.56 Å². The van der Waals surface area contributed by atoms with E-state index >= 15 is 0 Å². The van der Waals surface area contributed by atoms with E-state index in [2.05, 4.69) is 20.7 Å². The zero-order valence-electron chi connectivity index (χ0n) is 10.1. The molecular weight excluding hydrogens is 288 g/mol. The van der Waals surface area contributed by atoms with Crippen LogP contribution in [0, 0.1) is 13.8 Å². The van der Waals surface area contributed by atoms with Gasteiger partial charge < -0.3 is 9.47 Å². The van der Waals surface area contributed by atoms with Crippen LogP contribution >= 0.6 is 15.9 Å². The summed E-state index contributed by atoms with van der Waals surface area (Å²) in [6.45, 7) is 3.54. The Morgan fingerprint density at radius 3 is 2.29 bits per heavy atom. The van der Waals surface area contributed by atoms with Gasteiger partial charge in [0.15, 0.2) is 0 Å². The number of Topliss-reactive ketones (excluding diaryl/α,β-unsaturated/α-hetero) is 1. The Morgan fingerprint density at radius 1 is 1.24 bits per heavy atom. The number of rotatable bonds is 3. The van der Waals surface area contributed by atoms with Gasteiger partial charge in [-0.1, -0.05) is 15.9 Å². The normalized spacial score (nSPS) is 9.94. The first-order valence-corrected chi connectivity index (χ1v) is 5.69. The number of ketones is 1. The minimum absolute atomic E-state index is 0.242. The minimum Gasteiger partial charge on any atom is -0.496 e. The topological polar surface area (TPSA) is 52.6 Å². The first-order valence-electron chi connectivity index (χ1n) is 4.90. The lowest BCUT2D eigenvalue weighted by Crippen LogP contribution is -2.18. The number of carbonyl (C=O) groups excluding carboxylic acids is 2. The Hall–Kier alpha value is -1.36. The van der Waals surface area contributed by atoms with Crippen LogP contribution in [0.2, 0.25) is 0 Å². The molecule has 0 aliphatic carbocycles. The SMILES string of the molecule is COC(=O)C(=O)c1c(C)c(Br)cc(C)c1OC. The van der Waals surface area contributed by atoms with Crippen LogP contribution in [-0.4, -0.2) is 26.0 Å². The Bertz CT molecular complexity index is 480. The summed E-state index contributed by atoms with van der Waals surface area (Å²) in [6, 6.07) is 1.84. The Labute approximate surface area is 108 Å². The third-order valence-electron chi connectivity index (χ3n) is 2.46. The van der Waals surface area contributed by atoms with Crippen LogP contribution < -0.4 is 4.74 Å². The Kier molecular flexibility index (Phi) is 4.28. The third-order valence-corrected chi connectivity index (χ3v) is 3.29. The van der Waals surface area contributed by atoms with Crippen molar-refractivity contribution < 1.29 is 19.1 Å². The van der Waals surface area contributed by atoms with Crippen molar-refractivity contribution in [1.29, 1.82) is 0 Å². The second-order valence-corrected chi connectivity index (χ2v) is 4.38. The molecular formula is C12H13BrO4. The molecule has 0 bridgehead atoms. The maximum Gasteiger partial charge on any atom is 0.379 e. The van der Waals surface area contributed by atoms with Crippen LogP contribution in [0.25, 0.3) is 0 Å². The van der Waals surface area contributed by atoms with Gasteiger partial charge >= 0.3 is 5.97 Å². The highest BCUT2D eigenvalue weighted by atomic mass is 79.9. The summed E-state index contributed by atoms with van der Waals surface area (Å²) in [5, 5.41) is 0. The molecule has 0 N–H and O–H groups in total. The fraction of sp³-hybridized carbons (Fsp3) is 0.333. The van der Waals surface area contributed by atoms with E-state index in [1.165, 1.54) is 14.2 Å². The van der Waals surface area contributed by atoms with Crippen LogP contribution in [0.1, 0.15) is 21.5 Å². The monoisotopic (exact) mass is 300 g/mol. The fourth-order valence-electron chi connectivity index (χ4n) is 1.58. The molecule has 0 heterocycles. The van der Waals surface area contributed by atoms with E-state index in [1.54, 1.807) is 13.8 Å². The van der Waals surface area contributed by atoms with Gasteiger partial charge in [0.05, 0.1) is 19.8 Å². The van der Waals surface area contributed by atoms with E-state index in [0.717, 1.165) is 10.0 Å². The van der Waals surface area contributed by atoms with Gasteiger partial charge in [-0.2, -0.15) is 0 Å². The van der Waals surface area contributed by atoms with Crippen LogP contribution in [0.15, 0.2) is 10.5 Å². The number of hydrogen-bond acceptors (Lipinski definition) is 4. The van der Waals surface area contributed by atoms with Gasteiger partial charge in [-0.05, 0) is 31.0 Å². The number of esters is 1. The van der Waals surface area contributed by atoms with Crippen molar-refractivity contribution in [3.05, 3.63) is 27.2 Å². The molecule has 0 unspecified atom stereocenters. The van der Waals surface area contributed by atoms with Crippen molar-refractivity contribution in [2.75, 3.05) is 14.2 Å². The second kappa shape index (κ2) is 5.31. The molecule has 0 aliphatic rings. The summed E-state index contributed by atoms with van der Waals surface area (Å²) in [4.78, 5) is 23.2. The highest BCUT2D eigenvalue weighted by Gasteiger charge is 2.25. The second-order valence-electron chi connectivity index (χ2n) is 3.53. The zero-order valence-corrected chi connectivity index (χ0v) is 11.7. The van der Waals surface area contributed by atoms with E-state index in [9.17, 15) is 9.59 Å². The average molecular weight is 301 g/mol. The molecule has 17 heavy (non-hydrogen) atoms. The summed E-state index contributed by atoms with van der Waals surface area (Å²) in [5.74, 6) is -1.20. The van der Waals surface area contributed by atoms with Gasteiger partial charge in [0.1, 0.15) is 5.75 Å². The lowest BCUT2D eigenvalue weighted by Gasteiger charge is -2.14. The van der Waals surface area contributed by atoms with Crippen LogP contribution in [0.3, 0.4) is 0 Å². The van der Waals surface area contributed by atoms with Crippen molar-refractivity contribution in [1.82, 2.24) is 0 Å². The number of methoxy groups -OCH3 is 2. The zero-order chi connectivity index (χ0) is 13.2. The molecule has 4 nitrogen and oxygen atoms in total. The molecule has 92 valence electrons. The number of halogens is 1. The molecule has 0 spiro atoms. The predicted molar refractivity (Wildman–Crippen MR) is 66.5 cm³/mol. The van der Waals surface area contributed by atoms with Gasteiger partial charge in [0.2, 0.25) is 0 Å². The molecule has 0 saturated heterocycles. The molecule has 1 rings (SSSR count). The van der Waals surface area contributed by atoms with E-state index < -0.39 is 11.8 Å². The summed E-state index contributed by atoms with van der Waals surface area (Å²) in [6.07, 6.45) is 0. The number of carbonyl (C=O) groups is 2. The van der Waals surface area contributed by atoms with Gasteiger partial charge in [-0.3, -0.25) is 4.79 Å². The summed E-state index contributed by atoms with van der Waals surface area (Å²) >= 11 is 3.34. The molecule has 0 amide bonds. The van der Waals surface area contributed by atoms with Crippen molar-refractivity contribution in [2.45, 2.75) is 13.8 Å². The quantitative estimate of drug-likeness (QED) is 0.489. The molecule has 5 heteroatoms. The van der Waals surface area contributed by atoms with Crippen LogP contribution in [-0.2, 0) is 9.53 Å². The van der Waals surface area contributed by atoms with Gasteiger partial charge in [0, 0.05) is 4.47 Å². The van der Waals surface area contributed by atoms with Crippen molar-refractivity contribution in [3.63, 3.8) is 0 Å². The molecule has 0 radical (unpaired) electrons. The average Bonchev–Trinajstić information content (AvgIpc) is 2.31. The number of ether oxygens (including phenoxy) is 2. The largest absolute Gasteiger partial charge is 0.496 e. The molecule has 1 aromatic carbocycles. The van der Waals surface area contributed by atoms with Crippen molar-refractivity contribution in [2.24, 2.45) is 0 Å². The van der Waals surface area contributed by atoms with E-state index in [1.807, 2.05) is 6.07 Å². The molecule has 0 atom stereocenters. The lowest BCUT2D eigenvalue weighted by molar-refractivity contribution is -0.135. The highest BCUT2D eigenvalue weighted by molar-refractivity contribution is 9.10. The first-order chi connectivity index (χ1) is 7.93. The van der Waals surface area contributed by atoms with Crippen LogP contribution in [0.4, 0.5) is 0 Å². The predicted octanol–water partition coefficient (Wildman–Crippen LogP) is 2.43.